The van der Waals surface area contributed by atoms with Gasteiger partial charge in [-0.3, -0.25) is 4.79 Å². The van der Waals surface area contributed by atoms with E-state index in [1.807, 2.05) is 0 Å². The zero-order valence-electron chi connectivity index (χ0n) is 7.47. The van der Waals surface area contributed by atoms with Gasteiger partial charge >= 0.3 is 0 Å². The predicted molar refractivity (Wildman–Crippen MR) is 45.6 cm³/mol. The lowest BCUT2D eigenvalue weighted by Gasteiger charge is -2.34. The van der Waals surface area contributed by atoms with Crippen molar-refractivity contribution >= 4 is 5.78 Å². The molecule has 0 bridgehead atoms. The van der Waals surface area contributed by atoms with Crippen LogP contribution in [0, 0.1) is 0 Å². The highest BCUT2D eigenvalue weighted by Crippen LogP contribution is 2.23. The molecular weight excluding hydrogens is 138 g/mol. The normalized spacial score (nSPS) is 18.5. The Morgan fingerprint density at radius 1 is 1.55 bits per heavy atom. The van der Waals surface area contributed by atoms with Crippen LogP contribution >= 0.6 is 0 Å². The zero-order valence-corrected chi connectivity index (χ0v) is 7.47. The van der Waals surface area contributed by atoms with Crippen molar-refractivity contribution in [2.24, 2.45) is 0 Å². The molecule has 2 nitrogen and oxygen atoms in total. The molecule has 2 heteroatoms. The van der Waals surface area contributed by atoms with Gasteiger partial charge in [-0.05, 0) is 26.8 Å². The maximum atomic E-state index is 10.7. The Morgan fingerprint density at radius 3 is 2.55 bits per heavy atom. The Hall–Kier alpha value is -0.370. The van der Waals surface area contributed by atoms with Crippen molar-refractivity contribution in [3.8, 4) is 0 Å². The minimum absolute atomic E-state index is 0.302. The van der Waals surface area contributed by atoms with E-state index in [1.165, 1.54) is 19.3 Å². The highest BCUT2D eigenvalue weighted by molar-refractivity contribution is 5.75. The largest absolute Gasteiger partial charge is 0.303 e. The maximum Gasteiger partial charge on any atom is 0.131 e. The molecule has 0 heterocycles. The average Bonchev–Trinajstić information content (AvgIpc) is 1.79. The van der Waals surface area contributed by atoms with Crippen LogP contribution in [0.3, 0.4) is 0 Å². The molecule has 0 aliphatic heterocycles. The molecule has 0 spiro atoms. The lowest BCUT2D eigenvalue weighted by Crippen LogP contribution is -2.38. The van der Waals surface area contributed by atoms with Gasteiger partial charge in [0.1, 0.15) is 5.78 Å². The van der Waals surface area contributed by atoms with Crippen LogP contribution in [0.2, 0.25) is 0 Å². The van der Waals surface area contributed by atoms with Crippen molar-refractivity contribution in [3.05, 3.63) is 0 Å². The number of nitrogens with zero attached hydrogens (tertiary/aromatic N) is 1. The van der Waals surface area contributed by atoms with E-state index in [4.69, 9.17) is 0 Å². The summed E-state index contributed by atoms with van der Waals surface area (Å²) in [4.78, 5) is 13.0. The number of Topliss-reactive ketones (excluding diaryl/α,β-unsaturated/α-hetero) is 1. The van der Waals surface area contributed by atoms with Gasteiger partial charge in [0.05, 0.1) is 0 Å². The van der Waals surface area contributed by atoms with Crippen molar-refractivity contribution in [1.82, 2.24) is 4.90 Å². The van der Waals surface area contributed by atoms with E-state index in [9.17, 15) is 4.79 Å². The van der Waals surface area contributed by atoms with Crippen molar-refractivity contribution in [3.63, 3.8) is 0 Å². The molecule has 0 aromatic rings. The van der Waals surface area contributed by atoms with Gasteiger partial charge in [-0.25, -0.2) is 0 Å². The summed E-state index contributed by atoms with van der Waals surface area (Å²) in [7, 11) is 2.12. The summed E-state index contributed by atoms with van der Waals surface area (Å²) in [6.45, 7) is 2.61. The first-order valence-electron chi connectivity index (χ1n) is 4.40. The van der Waals surface area contributed by atoms with Crippen molar-refractivity contribution in [2.75, 3.05) is 13.6 Å². The number of rotatable bonds is 4. The Bertz CT molecular complexity index is 140. The minimum atomic E-state index is 0.302. The molecule has 0 aromatic heterocycles. The van der Waals surface area contributed by atoms with Gasteiger partial charge in [0.2, 0.25) is 0 Å². The Morgan fingerprint density at radius 2 is 2.18 bits per heavy atom. The number of carbonyl (C=O) groups is 1. The standard InChI is InChI=1S/C9H17NO/c1-8(11)6-7-10(2)9-4-3-5-9/h9H,3-7H2,1-2H3. The maximum absolute atomic E-state index is 10.7. The molecule has 1 aliphatic carbocycles. The fourth-order valence-corrected chi connectivity index (χ4v) is 1.34. The van der Waals surface area contributed by atoms with E-state index in [1.54, 1.807) is 6.92 Å². The highest BCUT2D eigenvalue weighted by Gasteiger charge is 2.21. The number of hydrogen-bond acceptors (Lipinski definition) is 2. The molecule has 1 saturated carbocycles. The first kappa shape index (κ1) is 8.72. The summed E-state index contributed by atoms with van der Waals surface area (Å²) in [5, 5.41) is 0. The molecule has 0 amide bonds. The molecule has 1 aliphatic rings. The molecule has 64 valence electrons. The summed E-state index contributed by atoms with van der Waals surface area (Å²) in [6.07, 6.45) is 4.74. The molecule has 11 heavy (non-hydrogen) atoms. The van der Waals surface area contributed by atoms with Crippen LogP contribution < -0.4 is 0 Å². The van der Waals surface area contributed by atoms with E-state index in [-0.39, 0.29) is 0 Å². The molecule has 0 unspecified atom stereocenters. The van der Waals surface area contributed by atoms with E-state index in [0.717, 1.165) is 12.6 Å². The van der Waals surface area contributed by atoms with Gasteiger partial charge in [-0.2, -0.15) is 0 Å². The van der Waals surface area contributed by atoms with Crippen LogP contribution in [-0.4, -0.2) is 30.3 Å². The summed E-state index contributed by atoms with van der Waals surface area (Å²) >= 11 is 0. The Balaban J connectivity index is 2.09. The molecule has 0 saturated heterocycles. The second-order valence-corrected chi connectivity index (χ2v) is 3.52. The summed E-state index contributed by atoms with van der Waals surface area (Å²) < 4.78 is 0. The van der Waals surface area contributed by atoms with Crippen LogP contribution in [-0.2, 0) is 4.79 Å². The number of ketones is 1. The third kappa shape index (κ3) is 2.62. The third-order valence-corrected chi connectivity index (χ3v) is 2.51. The Kier molecular flexibility index (Phi) is 3.06. The monoisotopic (exact) mass is 155 g/mol. The zero-order chi connectivity index (χ0) is 8.27. The molecule has 0 atom stereocenters. The molecule has 1 fully saturated rings. The second kappa shape index (κ2) is 3.86. The minimum Gasteiger partial charge on any atom is -0.303 e. The van der Waals surface area contributed by atoms with Crippen LogP contribution in [0.4, 0.5) is 0 Å². The molecule has 0 N–H and O–H groups in total. The molecule has 1 rings (SSSR count). The van der Waals surface area contributed by atoms with E-state index < -0.39 is 0 Å². The van der Waals surface area contributed by atoms with Crippen LogP contribution in [0.5, 0.6) is 0 Å². The quantitative estimate of drug-likeness (QED) is 0.612. The van der Waals surface area contributed by atoms with Gasteiger partial charge in [0.25, 0.3) is 0 Å². The second-order valence-electron chi connectivity index (χ2n) is 3.52. The summed E-state index contributed by atoms with van der Waals surface area (Å²) in [5.74, 6) is 0.302. The summed E-state index contributed by atoms with van der Waals surface area (Å²) in [6, 6.07) is 0.773. The molecular formula is C9H17NO. The van der Waals surface area contributed by atoms with E-state index in [0.29, 0.717) is 12.2 Å². The lowest BCUT2D eigenvalue weighted by atomic mass is 9.92. The van der Waals surface area contributed by atoms with E-state index in [2.05, 4.69) is 11.9 Å². The first-order valence-corrected chi connectivity index (χ1v) is 4.40. The molecule has 0 radical (unpaired) electrons. The fraction of sp³-hybridized carbons (Fsp3) is 0.889. The predicted octanol–water partition coefficient (Wildman–Crippen LogP) is 1.45. The van der Waals surface area contributed by atoms with Gasteiger partial charge in [-0.1, -0.05) is 6.42 Å². The van der Waals surface area contributed by atoms with Gasteiger partial charge in [0, 0.05) is 19.0 Å². The smallest absolute Gasteiger partial charge is 0.131 e. The van der Waals surface area contributed by atoms with Gasteiger partial charge in [0.15, 0.2) is 0 Å². The number of carbonyl (C=O) groups excluding carboxylic acids is 1. The van der Waals surface area contributed by atoms with Crippen LogP contribution in [0.25, 0.3) is 0 Å². The fourth-order valence-electron chi connectivity index (χ4n) is 1.34. The lowest BCUT2D eigenvalue weighted by molar-refractivity contribution is -0.117. The Labute approximate surface area is 68.6 Å². The van der Waals surface area contributed by atoms with Crippen LogP contribution in [0.15, 0.2) is 0 Å². The van der Waals surface area contributed by atoms with Gasteiger partial charge < -0.3 is 4.90 Å². The van der Waals surface area contributed by atoms with Crippen molar-refractivity contribution in [2.45, 2.75) is 38.6 Å². The van der Waals surface area contributed by atoms with Gasteiger partial charge in [-0.15, -0.1) is 0 Å². The summed E-state index contributed by atoms with van der Waals surface area (Å²) in [5.41, 5.74) is 0. The van der Waals surface area contributed by atoms with Crippen LogP contribution in [0.1, 0.15) is 32.6 Å². The first-order chi connectivity index (χ1) is 5.20. The average molecular weight is 155 g/mol. The van der Waals surface area contributed by atoms with Crippen molar-refractivity contribution < 1.29 is 4.79 Å². The highest BCUT2D eigenvalue weighted by atomic mass is 16.1. The van der Waals surface area contributed by atoms with E-state index >= 15 is 0 Å². The SMILES string of the molecule is CC(=O)CCN(C)C1CCC1. The topological polar surface area (TPSA) is 20.3 Å². The van der Waals surface area contributed by atoms with Crippen molar-refractivity contribution in [1.29, 1.82) is 0 Å². The third-order valence-electron chi connectivity index (χ3n) is 2.51. The number of hydrogen-bond donors (Lipinski definition) is 0. The molecule has 0 aromatic carbocycles.